The van der Waals surface area contributed by atoms with Crippen LogP contribution < -0.4 is 14.2 Å². The van der Waals surface area contributed by atoms with Gasteiger partial charge in [0, 0.05) is 12.5 Å². The summed E-state index contributed by atoms with van der Waals surface area (Å²) in [6.07, 6.45) is 1.71. The van der Waals surface area contributed by atoms with Crippen molar-refractivity contribution in [2.45, 2.75) is 53.1 Å². The van der Waals surface area contributed by atoms with Crippen LogP contribution in [0.2, 0.25) is 0 Å². The number of ether oxygens (including phenoxy) is 3. The molecule has 1 atom stereocenters. The van der Waals surface area contributed by atoms with Gasteiger partial charge in [-0.25, -0.2) is 0 Å². The van der Waals surface area contributed by atoms with Crippen LogP contribution in [0.3, 0.4) is 0 Å². The Hall–Kier alpha value is -2.49. The molecule has 0 radical (unpaired) electrons. The summed E-state index contributed by atoms with van der Waals surface area (Å²) < 4.78 is 17.4. The molecule has 0 saturated heterocycles. The molecule has 4 nitrogen and oxygen atoms in total. The molecule has 1 unspecified atom stereocenters. The van der Waals surface area contributed by atoms with Crippen molar-refractivity contribution >= 4 is 5.97 Å². The van der Waals surface area contributed by atoms with Gasteiger partial charge < -0.3 is 14.2 Å². The number of benzene rings is 2. The van der Waals surface area contributed by atoms with Crippen LogP contribution in [0.4, 0.5) is 0 Å². The normalized spacial score (nSPS) is 18.7. The summed E-state index contributed by atoms with van der Waals surface area (Å²) in [5.41, 5.74) is 4.77. The lowest BCUT2D eigenvalue weighted by atomic mass is 9.83. The molecule has 1 aliphatic rings. The van der Waals surface area contributed by atoms with E-state index in [0.717, 1.165) is 52.2 Å². The molecule has 0 bridgehead atoms. The third-order valence-electron chi connectivity index (χ3n) is 5.42. The molecule has 0 fully saturated rings. The molecule has 2 aromatic carbocycles. The Morgan fingerprint density at radius 3 is 2.54 bits per heavy atom. The summed E-state index contributed by atoms with van der Waals surface area (Å²) >= 11 is 0. The van der Waals surface area contributed by atoms with E-state index < -0.39 is 5.60 Å². The van der Waals surface area contributed by atoms with Gasteiger partial charge in [0.1, 0.15) is 22.8 Å². The lowest BCUT2D eigenvalue weighted by molar-refractivity contribution is -0.132. The van der Waals surface area contributed by atoms with E-state index in [4.69, 9.17) is 14.2 Å². The zero-order valence-corrected chi connectivity index (χ0v) is 16.4. The minimum Gasteiger partial charge on any atom is -0.497 e. The first-order chi connectivity index (χ1) is 12.3. The van der Waals surface area contributed by atoms with Gasteiger partial charge in [-0.15, -0.1) is 0 Å². The SMILES string of the molecule is COc1cccc(C2(C)CCc3c(C)c(OC(C)=O)c(C)c(C)c3O2)c1. The van der Waals surface area contributed by atoms with Crippen LogP contribution in [0, 0.1) is 20.8 Å². The Morgan fingerprint density at radius 1 is 1.15 bits per heavy atom. The zero-order valence-electron chi connectivity index (χ0n) is 16.4. The molecule has 0 aromatic heterocycles. The number of rotatable bonds is 3. The predicted octanol–water partition coefficient (Wildman–Crippen LogP) is 4.79. The highest BCUT2D eigenvalue weighted by atomic mass is 16.5. The Morgan fingerprint density at radius 2 is 1.88 bits per heavy atom. The summed E-state index contributed by atoms with van der Waals surface area (Å²) in [6, 6.07) is 8.04. The quantitative estimate of drug-likeness (QED) is 0.587. The Balaban J connectivity index is 2.07. The molecule has 4 heteroatoms. The highest BCUT2D eigenvalue weighted by Crippen LogP contribution is 2.46. The molecule has 0 spiro atoms. The molecule has 0 aliphatic carbocycles. The molecule has 1 aliphatic heterocycles. The van der Waals surface area contributed by atoms with E-state index in [0.29, 0.717) is 5.75 Å². The minimum absolute atomic E-state index is 0.298. The molecule has 3 rings (SSSR count). The van der Waals surface area contributed by atoms with Gasteiger partial charge in [0.15, 0.2) is 0 Å². The van der Waals surface area contributed by atoms with Crippen molar-refractivity contribution < 1.29 is 19.0 Å². The first-order valence-electron chi connectivity index (χ1n) is 8.91. The molecule has 1 heterocycles. The van der Waals surface area contributed by atoms with Gasteiger partial charge in [-0.1, -0.05) is 12.1 Å². The Labute approximate surface area is 155 Å². The summed E-state index contributed by atoms with van der Waals surface area (Å²) in [5.74, 6) is 2.11. The third-order valence-corrected chi connectivity index (χ3v) is 5.42. The molecule has 0 N–H and O–H groups in total. The summed E-state index contributed by atoms with van der Waals surface area (Å²) in [7, 11) is 1.67. The number of hydrogen-bond donors (Lipinski definition) is 0. The minimum atomic E-state index is -0.422. The van der Waals surface area contributed by atoms with Crippen LogP contribution in [-0.2, 0) is 16.8 Å². The van der Waals surface area contributed by atoms with Crippen molar-refractivity contribution in [1.82, 2.24) is 0 Å². The van der Waals surface area contributed by atoms with E-state index in [9.17, 15) is 4.79 Å². The topological polar surface area (TPSA) is 44.8 Å². The van der Waals surface area contributed by atoms with Crippen LogP contribution >= 0.6 is 0 Å². The number of methoxy groups -OCH3 is 1. The van der Waals surface area contributed by atoms with Crippen molar-refractivity contribution in [2.24, 2.45) is 0 Å². The second kappa shape index (κ2) is 6.67. The van der Waals surface area contributed by atoms with Crippen LogP contribution in [0.25, 0.3) is 0 Å². The van der Waals surface area contributed by atoms with Crippen molar-refractivity contribution in [3.63, 3.8) is 0 Å². The highest BCUT2D eigenvalue weighted by Gasteiger charge is 2.36. The van der Waals surface area contributed by atoms with E-state index in [2.05, 4.69) is 13.0 Å². The average Bonchev–Trinajstić information content (AvgIpc) is 2.63. The number of hydrogen-bond acceptors (Lipinski definition) is 4. The maximum atomic E-state index is 11.5. The van der Waals surface area contributed by atoms with Crippen molar-refractivity contribution in [2.75, 3.05) is 7.11 Å². The molecule has 2 aromatic rings. The maximum Gasteiger partial charge on any atom is 0.308 e. The smallest absolute Gasteiger partial charge is 0.308 e. The molecule has 138 valence electrons. The molecule has 26 heavy (non-hydrogen) atoms. The molecule has 0 saturated carbocycles. The third kappa shape index (κ3) is 3.05. The summed E-state index contributed by atoms with van der Waals surface area (Å²) in [4.78, 5) is 11.5. The molecular weight excluding hydrogens is 328 g/mol. The monoisotopic (exact) mass is 354 g/mol. The first-order valence-corrected chi connectivity index (χ1v) is 8.91. The van der Waals surface area contributed by atoms with Crippen molar-refractivity contribution in [3.05, 3.63) is 52.1 Å². The average molecular weight is 354 g/mol. The van der Waals surface area contributed by atoms with Gasteiger partial charge >= 0.3 is 5.97 Å². The predicted molar refractivity (Wildman–Crippen MR) is 101 cm³/mol. The Kier molecular flexibility index (Phi) is 4.70. The van der Waals surface area contributed by atoms with E-state index >= 15 is 0 Å². The lowest BCUT2D eigenvalue weighted by Crippen LogP contribution is -2.34. The fourth-order valence-electron chi connectivity index (χ4n) is 3.69. The maximum absolute atomic E-state index is 11.5. The molecular formula is C22H26O4. The van der Waals surface area contributed by atoms with Gasteiger partial charge in [-0.05, 0) is 74.9 Å². The number of fused-ring (bicyclic) bond motifs is 1. The van der Waals surface area contributed by atoms with Gasteiger partial charge in [-0.2, -0.15) is 0 Å². The summed E-state index contributed by atoms with van der Waals surface area (Å²) in [5, 5.41) is 0. The highest BCUT2D eigenvalue weighted by molar-refractivity contribution is 5.72. The van der Waals surface area contributed by atoms with Crippen LogP contribution in [0.15, 0.2) is 24.3 Å². The standard InChI is InChI=1S/C22H26O4/c1-13-14(2)21-19(15(3)20(13)25-16(4)23)10-11-22(5,26-21)17-8-7-9-18(12-17)24-6/h7-9,12H,10-11H2,1-6H3. The zero-order chi connectivity index (χ0) is 19.1. The van der Waals surface area contributed by atoms with E-state index in [1.807, 2.05) is 39.0 Å². The Bertz CT molecular complexity index is 869. The van der Waals surface area contributed by atoms with Crippen LogP contribution in [0.5, 0.6) is 17.2 Å². The fraction of sp³-hybridized carbons (Fsp3) is 0.409. The van der Waals surface area contributed by atoms with E-state index in [1.165, 1.54) is 6.92 Å². The van der Waals surface area contributed by atoms with Gasteiger partial charge in [0.05, 0.1) is 7.11 Å². The number of carbonyl (C=O) groups is 1. The van der Waals surface area contributed by atoms with Gasteiger partial charge in [0.25, 0.3) is 0 Å². The molecule has 0 amide bonds. The number of esters is 1. The second-order valence-electron chi connectivity index (χ2n) is 7.17. The summed E-state index contributed by atoms with van der Waals surface area (Å²) in [6.45, 7) is 9.56. The number of carbonyl (C=O) groups excluding carboxylic acids is 1. The van der Waals surface area contributed by atoms with Gasteiger partial charge in [-0.3, -0.25) is 4.79 Å². The largest absolute Gasteiger partial charge is 0.497 e. The van der Waals surface area contributed by atoms with E-state index in [1.54, 1.807) is 7.11 Å². The van der Waals surface area contributed by atoms with Crippen molar-refractivity contribution in [1.29, 1.82) is 0 Å². The van der Waals surface area contributed by atoms with Crippen molar-refractivity contribution in [3.8, 4) is 17.2 Å². The van der Waals surface area contributed by atoms with Gasteiger partial charge in [0.2, 0.25) is 0 Å². The van der Waals surface area contributed by atoms with E-state index in [-0.39, 0.29) is 5.97 Å². The first kappa shape index (κ1) is 18.3. The van der Waals surface area contributed by atoms with Crippen LogP contribution in [-0.4, -0.2) is 13.1 Å². The second-order valence-corrected chi connectivity index (χ2v) is 7.17. The lowest BCUT2D eigenvalue weighted by Gasteiger charge is -2.38. The fourth-order valence-corrected chi connectivity index (χ4v) is 3.69. The van der Waals surface area contributed by atoms with Crippen LogP contribution in [0.1, 0.15) is 48.1 Å².